The van der Waals surface area contributed by atoms with Crippen LogP contribution in [-0.2, 0) is 11.3 Å². The van der Waals surface area contributed by atoms with Crippen molar-refractivity contribution in [2.75, 3.05) is 25.1 Å². The van der Waals surface area contributed by atoms with Crippen molar-refractivity contribution in [3.63, 3.8) is 0 Å². The summed E-state index contributed by atoms with van der Waals surface area (Å²) in [4.78, 5) is 28.9. The predicted molar refractivity (Wildman–Crippen MR) is 91.6 cm³/mol. The van der Waals surface area contributed by atoms with Crippen LogP contribution in [0.2, 0.25) is 0 Å². The lowest BCUT2D eigenvalue weighted by Crippen LogP contribution is -2.40. The molecule has 1 aromatic carbocycles. The SMILES string of the molecule is COC(=O)c1coc(C(=O)N2C[C@H]3CCCN3Cc3ccccc32)c1. The number of anilines is 1. The quantitative estimate of drug-likeness (QED) is 0.787. The van der Waals surface area contributed by atoms with Crippen LogP contribution in [0.1, 0.15) is 39.3 Å². The number of nitrogens with zero attached hydrogens (tertiary/aromatic N) is 2. The van der Waals surface area contributed by atoms with Gasteiger partial charge in [0.15, 0.2) is 5.76 Å². The summed E-state index contributed by atoms with van der Waals surface area (Å²) in [6.07, 6.45) is 3.51. The van der Waals surface area contributed by atoms with E-state index >= 15 is 0 Å². The molecule has 1 saturated heterocycles. The molecular formula is C19H20N2O4. The molecule has 2 aliphatic heterocycles. The largest absolute Gasteiger partial charge is 0.465 e. The summed E-state index contributed by atoms with van der Waals surface area (Å²) < 4.78 is 10.0. The second-order valence-electron chi connectivity index (χ2n) is 6.50. The van der Waals surface area contributed by atoms with Crippen LogP contribution in [0.15, 0.2) is 41.0 Å². The molecule has 6 heteroatoms. The zero-order valence-corrected chi connectivity index (χ0v) is 14.1. The maximum Gasteiger partial charge on any atom is 0.341 e. The van der Waals surface area contributed by atoms with Gasteiger partial charge in [0.05, 0.1) is 12.7 Å². The minimum Gasteiger partial charge on any atom is -0.465 e. The van der Waals surface area contributed by atoms with Gasteiger partial charge in [0.25, 0.3) is 5.91 Å². The standard InChI is InChI=1S/C19H20N2O4/c1-24-19(23)14-9-17(25-12-14)18(22)21-11-15-6-4-8-20(15)10-13-5-2-3-7-16(13)21/h2-3,5,7,9,12,15H,4,6,8,10-11H2,1H3/t15-/m1/s1. The van der Waals surface area contributed by atoms with Crippen LogP contribution in [0.3, 0.4) is 0 Å². The lowest BCUT2D eigenvalue weighted by Gasteiger charge is -2.25. The van der Waals surface area contributed by atoms with Crippen molar-refractivity contribution in [2.24, 2.45) is 0 Å². The molecule has 4 rings (SSSR count). The highest BCUT2D eigenvalue weighted by Crippen LogP contribution is 2.32. The fourth-order valence-electron chi connectivity index (χ4n) is 3.74. The fraction of sp³-hybridized carbons (Fsp3) is 0.368. The fourth-order valence-corrected chi connectivity index (χ4v) is 3.74. The second kappa shape index (κ2) is 6.37. The highest BCUT2D eigenvalue weighted by atomic mass is 16.5. The summed E-state index contributed by atoms with van der Waals surface area (Å²) in [7, 11) is 1.30. The van der Waals surface area contributed by atoms with Gasteiger partial charge in [-0.05, 0) is 31.0 Å². The molecule has 1 amide bonds. The maximum absolute atomic E-state index is 13.1. The van der Waals surface area contributed by atoms with E-state index in [1.807, 2.05) is 18.2 Å². The topological polar surface area (TPSA) is 63.0 Å². The van der Waals surface area contributed by atoms with Crippen LogP contribution in [0.4, 0.5) is 5.69 Å². The Hall–Kier alpha value is -2.60. The van der Waals surface area contributed by atoms with E-state index in [4.69, 9.17) is 4.42 Å². The number of carbonyl (C=O) groups is 2. The van der Waals surface area contributed by atoms with Gasteiger partial charge in [0.2, 0.25) is 0 Å². The Balaban J connectivity index is 1.69. The van der Waals surface area contributed by atoms with Crippen LogP contribution >= 0.6 is 0 Å². The molecule has 1 fully saturated rings. The van der Waals surface area contributed by atoms with Crippen molar-refractivity contribution in [3.05, 3.63) is 53.5 Å². The summed E-state index contributed by atoms with van der Waals surface area (Å²) in [6.45, 7) is 2.55. The van der Waals surface area contributed by atoms with Crippen LogP contribution in [-0.4, -0.2) is 43.0 Å². The number of esters is 1. The molecule has 2 aliphatic rings. The van der Waals surface area contributed by atoms with E-state index in [9.17, 15) is 9.59 Å². The highest BCUT2D eigenvalue weighted by molar-refractivity contribution is 6.06. The molecule has 2 aromatic rings. The molecule has 1 atom stereocenters. The second-order valence-corrected chi connectivity index (χ2v) is 6.50. The van der Waals surface area contributed by atoms with Crippen molar-refractivity contribution in [3.8, 4) is 0 Å². The van der Waals surface area contributed by atoms with E-state index in [2.05, 4.69) is 15.7 Å². The molecule has 0 N–H and O–H groups in total. The molecule has 25 heavy (non-hydrogen) atoms. The predicted octanol–water partition coefficient (Wildman–Crippen LogP) is 2.69. The van der Waals surface area contributed by atoms with E-state index < -0.39 is 5.97 Å². The van der Waals surface area contributed by atoms with E-state index in [0.29, 0.717) is 12.6 Å². The smallest absolute Gasteiger partial charge is 0.341 e. The molecule has 0 radical (unpaired) electrons. The van der Waals surface area contributed by atoms with Gasteiger partial charge < -0.3 is 14.1 Å². The van der Waals surface area contributed by atoms with Gasteiger partial charge in [-0.25, -0.2) is 4.79 Å². The Kier molecular flexibility index (Phi) is 4.05. The molecule has 130 valence electrons. The van der Waals surface area contributed by atoms with E-state index in [1.165, 1.54) is 19.4 Å². The monoisotopic (exact) mass is 340 g/mol. The Morgan fingerprint density at radius 2 is 2.12 bits per heavy atom. The average Bonchev–Trinajstić information content (AvgIpc) is 3.26. The van der Waals surface area contributed by atoms with Gasteiger partial charge in [-0.2, -0.15) is 0 Å². The number of hydrogen-bond donors (Lipinski definition) is 0. The third-order valence-corrected chi connectivity index (χ3v) is 5.02. The summed E-state index contributed by atoms with van der Waals surface area (Å²) in [6, 6.07) is 9.79. The van der Waals surface area contributed by atoms with Crippen molar-refractivity contribution in [2.45, 2.75) is 25.4 Å². The zero-order chi connectivity index (χ0) is 17.4. The van der Waals surface area contributed by atoms with Crippen molar-refractivity contribution in [1.29, 1.82) is 0 Å². The van der Waals surface area contributed by atoms with Gasteiger partial charge in [-0.1, -0.05) is 18.2 Å². The molecule has 3 heterocycles. The number of fused-ring (bicyclic) bond motifs is 2. The van der Waals surface area contributed by atoms with E-state index in [0.717, 1.165) is 37.2 Å². The lowest BCUT2D eigenvalue weighted by atomic mass is 10.1. The summed E-state index contributed by atoms with van der Waals surface area (Å²) in [5.74, 6) is -0.584. The molecule has 0 saturated carbocycles. The molecule has 6 nitrogen and oxygen atoms in total. The number of methoxy groups -OCH3 is 1. The number of furan rings is 1. The Labute approximate surface area is 146 Å². The Bertz CT molecular complexity index is 813. The summed E-state index contributed by atoms with van der Waals surface area (Å²) >= 11 is 0. The van der Waals surface area contributed by atoms with Crippen molar-refractivity contribution >= 4 is 17.6 Å². The van der Waals surface area contributed by atoms with Gasteiger partial charge in [-0.3, -0.25) is 9.69 Å². The molecular weight excluding hydrogens is 320 g/mol. The van der Waals surface area contributed by atoms with E-state index in [1.54, 1.807) is 4.90 Å². The number of ether oxygens (including phenoxy) is 1. The van der Waals surface area contributed by atoms with Crippen LogP contribution < -0.4 is 4.90 Å². The number of benzene rings is 1. The van der Waals surface area contributed by atoms with Gasteiger partial charge >= 0.3 is 5.97 Å². The Morgan fingerprint density at radius 1 is 1.28 bits per heavy atom. The first-order chi connectivity index (χ1) is 12.2. The van der Waals surface area contributed by atoms with Gasteiger partial charge in [0, 0.05) is 30.9 Å². The van der Waals surface area contributed by atoms with Crippen LogP contribution in [0, 0.1) is 0 Å². The molecule has 0 bridgehead atoms. The highest BCUT2D eigenvalue weighted by Gasteiger charge is 2.34. The third kappa shape index (κ3) is 2.82. The molecule has 0 spiro atoms. The summed E-state index contributed by atoms with van der Waals surface area (Å²) in [5.41, 5.74) is 2.30. The molecule has 1 aromatic heterocycles. The third-order valence-electron chi connectivity index (χ3n) is 5.02. The Morgan fingerprint density at radius 3 is 2.96 bits per heavy atom. The number of carbonyl (C=O) groups excluding carboxylic acids is 2. The van der Waals surface area contributed by atoms with Crippen molar-refractivity contribution in [1.82, 2.24) is 4.90 Å². The minimum absolute atomic E-state index is 0.154. The number of amides is 1. The first-order valence-electron chi connectivity index (χ1n) is 8.48. The number of rotatable bonds is 2. The number of hydrogen-bond acceptors (Lipinski definition) is 5. The number of para-hydroxylation sites is 1. The maximum atomic E-state index is 13.1. The molecule has 0 unspecified atom stereocenters. The van der Waals surface area contributed by atoms with Gasteiger partial charge in [-0.15, -0.1) is 0 Å². The lowest BCUT2D eigenvalue weighted by molar-refractivity contribution is 0.0600. The molecule has 0 aliphatic carbocycles. The van der Waals surface area contributed by atoms with Crippen LogP contribution in [0.5, 0.6) is 0 Å². The summed E-state index contributed by atoms with van der Waals surface area (Å²) in [5, 5.41) is 0. The van der Waals surface area contributed by atoms with Gasteiger partial charge in [0.1, 0.15) is 6.26 Å². The van der Waals surface area contributed by atoms with E-state index in [-0.39, 0.29) is 17.2 Å². The van der Waals surface area contributed by atoms with Crippen LogP contribution in [0.25, 0.3) is 0 Å². The zero-order valence-electron chi connectivity index (χ0n) is 14.1. The first kappa shape index (κ1) is 15.9. The van der Waals surface area contributed by atoms with Crippen molar-refractivity contribution < 1.29 is 18.7 Å². The normalized spacial score (nSPS) is 19.9. The first-order valence-corrected chi connectivity index (χ1v) is 8.48. The minimum atomic E-state index is -0.513. The average molecular weight is 340 g/mol.